The number of ether oxygens (including phenoxy) is 2. The molecule has 7 heteroatoms. The lowest BCUT2D eigenvalue weighted by atomic mass is 10.0. The van der Waals surface area contributed by atoms with Crippen LogP contribution >= 0.6 is 11.8 Å². The average Bonchev–Trinajstić information content (AvgIpc) is 2.50. The van der Waals surface area contributed by atoms with E-state index in [1.807, 2.05) is 20.8 Å². The molecule has 0 saturated heterocycles. The molecule has 24 heavy (non-hydrogen) atoms. The minimum Gasteiger partial charge on any atom is -0.493 e. The lowest BCUT2D eigenvalue weighted by Crippen LogP contribution is -2.32. The van der Waals surface area contributed by atoms with Crippen molar-refractivity contribution in [1.82, 2.24) is 5.32 Å². The summed E-state index contributed by atoms with van der Waals surface area (Å²) in [6.45, 7) is 6.07. The minimum atomic E-state index is -0.987. The standard InChI is InChI=1S/C17H25NO5S/c1-17(2,3)24-10-15(19)18-12(9-16(20)21)11-6-7-13(22-4)14(8-11)23-5/h6-8,12H,9-10H2,1-5H3,(H,18,19)(H,20,21). The van der Waals surface area contributed by atoms with Gasteiger partial charge in [-0.2, -0.15) is 0 Å². The first kappa shape index (κ1) is 20.2. The van der Waals surface area contributed by atoms with Crippen molar-refractivity contribution in [3.8, 4) is 11.5 Å². The van der Waals surface area contributed by atoms with E-state index in [1.165, 1.54) is 26.0 Å². The van der Waals surface area contributed by atoms with Gasteiger partial charge in [0.25, 0.3) is 0 Å². The Morgan fingerprint density at radius 1 is 1.21 bits per heavy atom. The van der Waals surface area contributed by atoms with Gasteiger partial charge in [-0.05, 0) is 17.7 Å². The first-order valence-corrected chi connectivity index (χ1v) is 8.52. The number of nitrogens with one attached hydrogen (secondary N) is 1. The van der Waals surface area contributed by atoms with Crippen LogP contribution < -0.4 is 14.8 Å². The number of aliphatic carboxylic acids is 1. The molecule has 1 aromatic carbocycles. The maximum atomic E-state index is 12.2. The van der Waals surface area contributed by atoms with Crippen molar-refractivity contribution < 1.29 is 24.2 Å². The fourth-order valence-corrected chi connectivity index (χ4v) is 2.66. The van der Waals surface area contributed by atoms with E-state index in [1.54, 1.807) is 18.2 Å². The van der Waals surface area contributed by atoms with Crippen LogP contribution in [-0.4, -0.2) is 41.7 Å². The molecule has 1 aromatic rings. The topological polar surface area (TPSA) is 84.9 Å². The first-order valence-electron chi connectivity index (χ1n) is 7.53. The second-order valence-corrected chi connectivity index (χ2v) is 8.04. The van der Waals surface area contributed by atoms with Gasteiger partial charge in [0.15, 0.2) is 11.5 Å². The fourth-order valence-electron chi connectivity index (χ4n) is 2.01. The molecule has 0 heterocycles. The van der Waals surface area contributed by atoms with Crippen molar-refractivity contribution in [3.63, 3.8) is 0 Å². The molecule has 1 amide bonds. The number of methoxy groups -OCH3 is 2. The van der Waals surface area contributed by atoms with Gasteiger partial charge in [0, 0.05) is 4.75 Å². The van der Waals surface area contributed by atoms with Gasteiger partial charge in [-0.25, -0.2) is 0 Å². The molecule has 0 aromatic heterocycles. The number of hydrogen-bond acceptors (Lipinski definition) is 5. The lowest BCUT2D eigenvalue weighted by molar-refractivity contribution is -0.137. The highest BCUT2D eigenvalue weighted by Gasteiger charge is 2.21. The number of carbonyl (C=O) groups is 2. The fraction of sp³-hybridized carbons (Fsp3) is 0.529. The van der Waals surface area contributed by atoms with Crippen LogP contribution in [0.5, 0.6) is 11.5 Å². The van der Waals surface area contributed by atoms with Gasteiger partial charge in [-0.3, -0.25) is 9.59 Å². The zero-order chi connectivity index (χ0) is 18.3. The molecule has 1 atom stereocenters. The molecule has 0 aliphatic rings. The Morgan fingerprint density at radius 2 is 1.83 bits per heavy atom. The molecule has 0 fully saturated rings. The van der Waals surface area contributed by atoms with Gasteiger partial charge in [-0.15, -0.1) is 11.8 Å². The Morgan fingerprint density at radius 3 is 2.33 bits per heavy atom. The molecule has 0 radical (unpaired) electrons. The van der Waals surface area contributed by atoms with E-state index in [-0.39, 0.29) is 22.8 Å². The highest BCUT2D eigenvalue weighted by molar-refractivity contribution is 8.01. The maximum absolute atomic E-state index is 12.2. The molecule has 1 unspecified atom stereocenters. The van der Waals surface area contributed by atoms with Gasteiger partial charge >= 0.3 is 5.97 Å². The third-order valence-corrected chi connectivity index (χ3v) is 4.43. The van der Waals surface area contributed by atoms with Gasteiger partial charge in [0.05, 0.1) is 32.4 Å². The Kier molecular flexibility index (Phi) is 7.41. The molecule has 0 aliphatic heterocycles. The Labute approximate surface area is 146 Å². The second-order valence-electron chi connectivity index (χ2n) is 6.23. The SMILES string of the molecule is COc1ccc(C(CC(=O)O)NC(=O)CSC(C)(C)C)cc1OC. The third kappa shape index (κ3) is 6.70. The molecule has 134 valence electrons. The van der Waals surface area contributed by atoms with Gasteiger partial charge in [0.1, 0.15) is 0 Å². The van der Waals surface area contributed by atoms with Crippen molar-refractivity contribution >= 4 is 23.6 Å². The quantitative estimate of drug-likeness (QED) is 0.746. The number of amides is 1. The number of benzene rings is 1. The third-order valence-electron chi connectivity index (χ3n) is 3.16. The lowest BCUT2D eigenvalue weighted by Gasteiger charge is -2.21. The zero-order valence-electron chi connectivity index (χ0n) is 14.7. The van der Waals surface area contributed by atoms with Crippen molar-refractivity contribution in [2.24, 2.45) is 0 Å². The monoisotopic (exact) mass is 355 g/mol. The largest absolute Gasteiger partial charge is 0.493 e. The summed E-state index contributed by atoms with van der Waals surface area (Å²) in [4.78, 5) is 23.3. The Hall–Kier alpha value is -1.89. The number of carboxylic acids is 1. The summed E-state index contributed by atoms with van der Waals surface area (Å²) in [7, 11) is 3.03. The van der Waals surface area contributed by atoms with E-state index in [4.69, 9.17) is 14.6 Å². The highest BCUT2D eigenvalue weighted by Crippen LogP contribution is 2.31. The van der Waals surface area contributed by atoms with Crippen LogP contribution in [-0.2, 0) is 9.59 Å². The van der Waals surface area contributed by atoms with Crippen LogP contribution in [0.4, 0.5) is 0 Å². The van der Waals surface area contributed by atoms with E-state index in [2.05, 4.69) is 5.32 Å². The number of carbonyl (C=O) groups excluding carboxylic acids is 1. The maximum Gasteiger partial charge on any atom is 0.305 e. The van der Waals surface area contributed by atoms with Gasteiger partial charge in [-0.1, -0.05) is 26.8 Å². The van der Waals surface area contributed by atoms with Gasteiger partial charge < -0.3 is 19.9 Å². The number of hydrogen-bond donors (Lipinski definition) is 2. The minimum absolute atomic E-state index is 0.0387. The van der Waals surface area contributed by atoms with E-state index >= 15 is 0 Å². The molecule has 6 nitrogen and oxygen atoms in total. The zero-order valence-corrected chi connectivity index (χ0v) is 15.5. The van der Waals surface area contributed by atoms with E-state index in [9.17, 15) is 9.59 Å². The number of rotatable bonds is 8. The molecule has 0 aliphatic carbocycles. The van der Waals surface area contributed by atoms with Crippen molar-refractivity contribution in [2.45, 2.75) is 38.0 Å². The van der Waals surface area contributed by atoms with Crippen LogP contribution in [0.2, 0.25) is 0 Å². The normalized spacial score (nSPS) is 12.4. The van der Waals surface area contributed by atoms with E-state index in [0.717, 1.165) is 0 Å². The van der Waals surface area contributed by atoms with Crippen molar-refractivity contribution in [1.29, 1.82) is 0 Å². The van der Waals surface area contributed by atoms with E-state index < -0.39 is 12.0 Å². The molecule has 1 rings (SSSR count). The Bertz CT molecular complexity index is 583. The second kappa shape index (κ2) is 8.82. The smallest absolute Gasteiger partial charge is 0.305 e. The summed E-state index contributed by atoms with van der Waals surface area (Å²) < 4.78 is 10.4. The summed E-state index contributed by atoms with van der Waals surface area (Å²) in [5.74, 6) is 0.121. The van der Waals surface area contributed by atoms with Gasteiger partial charge in [0.2, 0.25) is 5.91 Å². The summed E-state index contributed by atoms with van der Waals surface area (Å²) >= 11 is 1.51. The Balaban J connectivity index is 2.93. The van der Waals surface area contributed by atoms with Crippen LogP contribution in [0, 0.1) is 0 Å². The molecular weight excluding hydrogens is 330 g/mol. The summed E-state index contributed by atoms with van der Waals surface area (Å²) in [5.41, 5.74) is 0.657. The molecular formula is C17H25NO5S. The summed E-state index contributed by atoms with van der Waals surface area (Å²) in [6, 6.07) is 4.48. The van der Waals surface area contributed by atoms with E-state index in [0.29, 0.717) is 17.1 Å². The first-order chi connectivity index (χ1) is 11.2. The molecule has 0 bridgehead atoms. The predicted octanol–water partition coefficient (Wildman–Crippen LogP) is 2.87. The van der Waals surface area contributed by atoms with Crippen LogP contribution in [0.25, 0.3) is 0 Å². The highest BCUT2D eigenvalue weighted by atomic mass is 32.2. The average molecular weight is 355 g/mol. The number of carboxylic acid groups (broad SMARTS) is 1. The summed E-state index contributed by atoms with van der Waals surface area (Å²) in [5, 5.41) is 11.9. The number of thioether (sulfide) groups is 1. The van der Waals surface area contributed by atoms with Crippen LogP contribution in [0.15, 0.2) is 18.2 Å². The predicted molar refractivity (Wildman–Crippen MR) is 94.9 cm³/mol. The molecule has 0 spiro atoms. The van der Waals surface area contributed by atoms with Crippen LogP contribution in [0.1, 0.15) is 38.8 Å². The van der Waals surface area contributed by atoms with Crippen molar-refractivity contribution in [2.75, 3.05) is 20.0 Å². The summed E-state index contributed by atoms with van der Waals surface area (Å²) in [6.07, 6.45) is -0.207. The molecule has 0 saturated carbocycles. The van der Waals surface area contributed by atoms with Crippen LogP contribution in [0.3, 0.4) is 0 Å². The van der Waals surface area contributed by atoms with Crippen molar-refractivity contribution in [3.05, 3.63) is 23.8 Å². The molecule has 2 N–H and O–H groups in total.